The monoisotopic (exact) mass is 307 g/mol. The van der Waals surface area contributed by atoms with E-state index in [1.165, 1.54) is 11.3 Å². The highest BCUT2D eigenvalue weighted by Crippen LogP contribution is 2.32. The molecule has 1 aliphatic carbocycles. The van der Waals surface area contributed by atoms with Gasteiger partial charge in [0.25, 0.3) is 0 Å². The summed E-state index contributed by atoms with van der Waals surface area (Å²) in [4.78, 5) is 10.8. The second-order valence-corrected chi connectivity index (χ2v) is 6.48. The van der Waals surface area contributed by atoms with E-state index in [4.69, 9.17) is 28.3 Å². The average Bonchev–Trinajstić information content (AvgIpc) is 2.68. The first-order valence-corrected chi connectivity index (χ1v) is 7.59. The highest BCUT2D eigenvalue weighted by molar-refractivity contribution is 7.15. The van der Waals surface area contributed by atoms with Gasteiger partial charge in [-0.1, -0.05) is 23.2 Å². The topological polar surface area (TPSA) is 49.3 Å². The van der Waals surface area contributed by atoms with Gasteiger partial charge in [-0.25, -0.2) is 0 Å². The summed E-state index contributed by atoms with van der Waals surface area (Å²) in [5.41, 5.74) is 1.02. The first kappa shape index (κ1) is 14.1. The summed E-state index contributed by atoms with van der Waals surface area (Å²) in [6.07, 6.45) is 3.33. The SMILES string of the molecule is O=C(O)C1CCC(NCc2csc(Cl)c2Cl)CC1. The van der Waals surface area contributed by atoms with E-state index in [9.17, 15) is 4.79 Å². The molecule has 0 saturated heterocycles. The van der Waals surface area contributed by atoms with Crippen molar-refractivity contribution in [1.29, 1.82) is 0 Å². The minimum atomic E-state index is -0.666. The molecular formula is C12H15Cl2NO2S. The van der Waals surface area contributed by atoms with Crippen LogP contribution in [0.5, 0.6) is 0 Å². The van der Waals surface area contributed by atoms with Crippen LogP contribution < -0.4 is 5.32 Å². The summed E-state index contributed by atoms with van der Waals surface area (Å²) in [7, 11) is 0. The van der Waals surface area contributed by atoms with E-state index in [2.05, 4.69) is 5.32 Å². The van der Waals surface area contributed by atoms with Crippen LogP contribution in [0.25, 0.3) is 0 Å². The van der Waals surface area contributed by atoms with Gasteiger partial charge in [-0.05, 0) is 36.6 Å². The van der Waals surface area contributed by atoms with Crippen LogP contribution in [0.4, 0.5) is 0 Å². The maximum Gasteiger partial charge on any atom is 0.306 e. The van der Waals surface area contributed by atoms with Crippen LogP contribution in [0.1, 0.15) is 31.2 Å². The molecule has 1 heterocycles. The second-order valence-electron chi connectivity index (χ2n) is 4.62. The van der Waals surface area contributed by atoms with E-state index < -0.39 is 5.97 Å². The number of hydrogen-bond acceptors (Lipinski definition) is 3. The Morgan fingerprint density at radius 2 is 2.06 bits per heavy atom. The smallest absolute Gasteiger partial charge is 0.306 e. The third-order valence-corrected chi connectivity index (χ3v) is 5.33. The maximum atomic E-state index is 10.8. The number of carbonyl (C=O) groups is 1. The van der Waals surface area contributed by atoms with Gasteiger partial charge in [-0.2, -0.15) is 0 Å². The summed E-state index contributed by atoms with van der Waals surface area (Å²) in [5.74, 6) is -0.830. The molecule has 1 fully saturated rings. The fourth-order valence-corrected chi connectivity index (χ4v) is 3.53. The molecule has 0 aromatic carbocycles. The molecular weight excluding hydrogens is 293 g/mol. The molecule has 0 aliphatic heterocycles. The molecule has 0 unspecified atom stereocenters. The van der Waals surface area contributed by atoms with Crippen molar-refractivity contribution in [3.8, 4) is 0 Å². The molecule has 0 atom stereocenters. The Bertz CT molecular complexity index is 428. The lowest BCUT2D eigenvalue weighted by atomic mass is 9.86. The number of thiophene rings is 1. The molecule has 2 rings (SSSR count). The minimum Gasteiger partial charge on any atom is -0.481 e. The average molecular weight is 308 g/mol. The number of nitrogens with one attached hydrogen (secondary N) is 1. The summed E-state index contributed by atoms with van der Waals surface area (Å²) >= 11 is 13.4. The van der Waals surface area contributed by atoms with E-state index in [1.54, 1.807) is 0 Å². The molecule has 2 N–H and O–H groups in total. The van der Waals surface area contributed by atoms with Crippen molar-refractivity contribution in [2.75, 3.05) is 0 Å². The van der Waals surface area contributed by atoms with Crippen LogP contribution in [0.3, 0.4) is 0 Å². The second kappa shape index (κ2) is 6.24. The van der Waals surface area contributed by atoms with Gasteiger partial charge in [-0.15, -0.1) is 11.3 Å². The van der Waals surface area contributed by atoms with Crippen LogP contribution in [0.15, 0.2) is 5.38 Å². The molecule has 18 heavy (non-hydrogen) atoms. The van der Waals surface area contributed by atoms with Crippen LogP contribution in [-0.2, 0) is 11.3 Å². The van der Waals surface area contributed by atoms with Gasteiger partial charge >= 0.3 is 5.97 Å². The number of carboxylic acids is 1. The van der Waals surface area contributed by atoms with Crippen molar-refractivity contribution in [1.82, 2.24) is 5.32 Å². The highest BCUT2D eigenvalue weighted by Gasteiger charge is 2.25. The lowest BCUT2D eigenvalue weighted by molar-refractivity contribution is -0.142. The van der Waals surface area contributed by atoms with E-state index in [-0.39, 0.29) is 5.92 Å². The molecule has 0 spiro atoms. The van der Waals surface area contributed by atoms with Gasteiger partial charge in [0.05, 0.1) is 10.9 Å². The Hall–Kier alpha value is -0.290. The zero-order valence-corrected chi connectivity index (χ0v) is 12.1. The molecule has 6 heteroatoms. The molecule has 1 saturated carbocycles. The zero-order chi connectivity index (χ0) is 13.1. The molecule has 0 amide bonds. The fraction of sp³-hybridized carbons (Fsp3) is 0.583. The third-order valence-electron chi connectivity index (χ3n) is 3.42. The van der Waals surface area contributed by atoms with E-state index in [0.717, 1.165) is 31.2 Å². The van der Waals surface area contributed by atoms with Crippen molar-refractivity contribution >= 4 is 40.5 Å². The fourth-order valence-electron chi connectivity index (χ4n) is 2.27. The molecule has 3 nitrogen and oxygen atoms in total. The first-order valence-electron chi connectivity index (χ1n) is 5.95. The van der Waals surface area contributed by atoms with Crippen molar-refractivity contribution in [2.24, 2.45) is 5.92 Å². The van der Waals surface area contributed by atoms with Crippen LogP contribution in [0, 0.1) is 5.92 Å². The van der Waals surface area contributed by atoms with Crippen molar-refractivity contribution in [2.45, 2.75) is 38.3 Å². The predicted octanol–water partition coefficient (Wildman–Crippen LogP) is 3.79. The van der Waals surface area contributed by atoms with Crippen molar-refractivity contribution in [3.05, 3.63) is 20.3 Å². The minimum absolute atomic E-state index is 0.165. The molecule has 1 aromatic heterocycles. The summed E-state index contributed by atoms with van der Waals surface area (Å²) in [6, 6.07) is 0.385. The van der Waals surface area contributed by atoms with E-state index >= 15 is 0 Å². The Kier molecular flexibility index (Phi) is 4.90. The third kappa shape index (κ3) is 3.38. The Morgan fingerprint density at radius 3 is 2.56 bits per heavy atom. The summed E-state index contributed by atoms with van der Waals surface area (Å²) in [5, 5.41) is 14.9. The van der Waals surface area contributed by atoms with Crippen LogP contribution in [-0.4, -0.2) is 17.1 Å². The molecule has 1 aliphatic rings. The van der Waals surface area contributed by atoms with Gasteiger partial charge < -0.3 is 10.4 Å². The quantitative estimate of drug-likeness (QED) is 0.890. The van der Waals surface area contributed by atoms with Gasteiger partial charge in [0.2, 0.25) is 0 Å². The molecule has 0 bridgehead atoms. The van der Waals surface area contributed by atoms with Gasteiger partial charge in [0.1, 0.15) is 4.34 Å². The van der Waals surface area contributed by atoms with Gasteiger partial charge in [-0.3, -0.25) is 4.79 Å². The number of aliphatic carboxylic acids is 1. The van der Waals surface area contributed by atoms with Crippen LogP contribution >= 0.6 is 34.5 Å². The number of carboxylic acid groups (broad SMARTS) is 1. The number of hydrogen-bond donors (Lipinski definition) is 2. The van der Waals surface area contributed by atoms with Crippen molar-refractivity contribution in [3.63, 3.8) is 0 Å². The predicted molar refractivity (Wildman–Crippen MR) is 74.6 cm³/mol. The molecule has 0 radical (unpaired) electrons. The normalized spacial score (nSPS) is 24.1. The summed E-state index contributed by atoms with van der Waals surface area (Å²) in [6.45, 7) is 0.699. The van der Waals surface area contributed by atoms with Crippen LogP contribution in [0.2, 0.25) is 9.36 Å². The lowest BCUT2D eigenvalue weighted by Gasteiger charge is -2.26. The standard InChI is InChI=1S/C12H15Cl2NO2S/c13-10-8(6-18-11(10)14)5-15-9-3-1-7(2-4-9)12(16)17/h6-7,9,15H,1-5H2,(H,16,17). The van der Waals surface area contributed by atoms with Crippen molar-refractivity contribution < 1.29 is 9.90 Å². The highest BCUT2D eigenvalue weighted by atomic mass is 35.5. The lowest BCUT2D eigenvalue weighted by Crippen LogP contribution is -2.34. The Morgan fingerprint density at radius 1 is 1.39 bits per heavy atom. The van der Waals surface area contributed by atoms with E-state index in [1.807, 2.05) is 5.38 Å². The largest absolute Gasteiger partial charge is 0.481 e. The molecule has 100 valence electrons. The first-order chi connectivity index (χ1) is 8.58. The van der Waals surface area contributed by atoms with E-state index in [0.29, 0.717) is 21.9 Å². The maximum absolute atomic E-state index is 10.8. The Labute approximate surface area is 120 Å². The number of rotatable bonds is 4. The van der Waals surface area contributed by atoms with Gasteiger partial charge in [0.15, 0.2) is 0 Å². The zero-order valence-electron chi connectivity index (χ0n) is 9.79. The van der Waals surface area contributed by atoms with Gasteiger partial charge in [0, 0.05) is 12.6 Å². The Balaban J connectivity index is 1.79. The summed E-state index contributed by atoms with van der Waals surface area (Å²) < 4.78 is 0.628. The molecule has 1 aromatic rings. The number of halogens is 2.